The van der Waals surface area contributed by atoms with Crippen molar-refractivity contribution in [1.29, 1.82) is 0 Å². The van der Waals surface area contributed by atoms with Crippen LogP contribution in [-0.2, 0) is 0 Å². The average Bonchev–Trinajstić information content (AvgIpc) is 3.72. The number of hydrogen-bond donors (Lipinski definition) is 0. The van der Waals surface area contributed by atoms with Crippen molar-refractivity contribution in [2.45, 2.75) is 0 Å². The van der Waals surface area contributed by atoms with Crippen LogP contribution >= 0.6 is 0 Å². The van der Waals surface area contributed by atoms with E-state index in [1.165, 1.54) is 60.0 Å². The average molecular weight is 764 g/mol. The van der Waals surface area contributed by atoms with Gasteiger partial charge in [-0.05, 0) is 114 Å². The Balaban J connectivity index is 1.09. The van der Waals surface area contributed by atoms with Gasteiger partial charge in [0.25, 0.3) is 0 Å². The maximum Gasteiger partial charge on any atom is 0.159 e. The molecule has 1 aromatic heterocycles. The summed E-state index contributed by atoms with van der Waals surface area (Å²) in [6.07, 6.45) is 0. The van der Waals surface area contributed by atoms with Crippen molar-refractivity contribution in [3.63, 3.8) is 0 Å². The molecule has 0 saturated heterocycles. The molecule has 0 amide bonds. The van der Waals surface area contributed by atoms with Gasteiger partial charge in [0.1, 0.15) is 5.58 Å². The molecule has 1 heterocycles. The molecular weight excluding hydrogens is 727 g/mol. The highest BCUT2D eigenvalue weighted by molar-refractivity contribution is 6.22. The van der Waals surface area contributed by atoms with Gasteiger partial charge in [0.15, 0.2) is 5.58 Å². The number of rotatable bonds is 6. The number of hydrogen-bond acceptors (Lipinski definition) is 2. The number of para-hydroxylation sites is 1. The highest BCUT2D eigenvalue weighted by Gasteiger charge is 2.22. The fourth-order valence-corrected chi connectivity index (χ4v) is 9.44. The highest BCUT2D eigenvalue weighted by Crippen LogP contribution is 2.47. The Labute approximate surface area is 347 Å². The zero-order valence-corrected chi connectivity index (χ0v) is 32.7. The van der Waals surface area contributed by atoms with E-state index in [2.05, 4.69) is 229 Å². The first-order valence-electron chi connectivity index (χ1n) is 20.6. The van der Waals surface area contributed by atoms with Crippen LogP contribution in [0.1, 0.15) is 0 Å². The zero-order valence-electron chi connectivity index (χ0n) is 32.7. The van der Waals surface area contributed by atoms with Crippen LogP contribution in [0.3, 0.4) is 0 Å². The summed E-state index contributed by atoms with van der Waals surface area (Å²) in [6.45, 7) is 0. The summed E-state index contributed by atoms with van der Waals surface area (Å²) in [5, 5.41) is 11.9. The minimum absolute atomic E-state index is 0.862. The molecule has 2 nitrogen and oxygen atoms in total. The van der Waals surface area contributed by atoms with Gasteiger partial charge in [0.05, 0.1) is 5.69 Å². The summed E-state index contributed by atoms with van der Waals surface area (Å²) < 4.78 is 6.97. The molecule has 0 radical (unpaired) electrons. The second-order valence-electron chi connectivity index (χ2n) is 15.6. The first kappa shape index (κ1) is 34.1. The van der Waals surface area contributed by atoms with Crippen LogP contribution in [0.2, 0.25) is 0 Å². The summed E-state index contributed by atoms with van der Waals surface area (Å²) in [5.41, 5.74) is 12.1. The first-order valence-corrected chi connectivity index (χ1v) is 20.6. The van der Waals surface area contributed by atoms with Crippen molar-refractivity contribution in [1.82, 2.24) is 0 Å². The van der Waals surface area contributed by atoms with Gasteiger partial charge in [0, 0.05) is 27.5 Å². The van der Waals surface area contributed by atoms with Crippen LogP contribution in [0, 0.1) is 0 Å². The molecule has 0 bridgehead atoms. The summed E-state index contributed by atoms with van der Waals surface area (Å²) in [7, 11) is 0. The Morgan fingerprint density at radius 2 is 0.800 bits per heavy atom. The Kier molecular flexibility index (Phi) is 7.89. The number of anilines is 3. The zero-order chi connectivity index (χ0) is 39.6. The second kappa shape index (κ2) is 13.9. The fraction of sp³-hybridized carbons (Fsp3) is 0. The Morgan fingerprint density at radius 3 is 1.60 bits per heavy atom. The normalized spacial score (nSPS) is 11.7. The van der Waals surface area contributed by atoms with Gasteiger partial charge in [-0.3, -0.25) is 0 Å². The molecule has 0 unspecified atom stereocenters. The number of nitrogens with zero attached hydrogens (tertiary/aromatic N) is 1. The molecule has 0 N–H and O–H groups in total. The Morgan fingerprint density at radius 1 is 0.267 bits per heavy atom. The maximum absolute atomic E-state index is 6.97. The summed E-state index contributed by atoms with van der Waals surface area (Å²) in [6, 6.07) is 81.2. The van der Waals surface area contributed by atoms with Crippen molar-refractivity contribution >= 4 is 82.1 Å². The molecule has 0 aliphatic heterocycles. The van der Waals surface area contributed by atoms with E-state index in [1.807, 2.05) is 0 Å². The molecule has 0 fully saturated rings. The standard InChI is InChI=1S/C58H37NO/c1-3-17-40(18-4-1)55-50-26-12-11-25-48(50)49-33-31-44(37-53(49)56(55)41-19-5-2-6-20-41)43-22-13-23-45(36-43)59(46-32-29-38-15-7-8-21-42(38)35-46)54-28-14-27-51-52-34-30-39-16-9-10-24-47(39)57(52)60-58(51)54/h1-37H. The van der Waals surface area contributed by atoms with E-state index in [0.717, 1.165) is 55.5 Å². The van der Waals surface area contributed by atoms with Crippen molar-refractivity contribution < 1.29 is 4.42 Å². The van der Waals surface area contributed by atoms with Crippen LogP contribution in [0.5, 0.6) is 0 Å². The van der Waals surface area contributed by atoms with Gasteiger partial charge in [0.2, 0.25) is 0 Å². The van der Waals surface area contributed by atoms with Gasteiger partial charge in [-0.2, -0.15) is 0 Å². The van der Waals surface area contributed by atoms with Gasteiger partial charge < -0.3 is 9.32 Å². The lowest BCUT2D eigenvalue weighted by Crippen LogP contribution is -2.10. The third-order valence-corrected chi connectivity index (χ3v) is 12.2. The molecular formula is C58H37NO. The van der Waals surface area contributed by atoms with Gasteiger partial charge in [-0.1, -0.05) is 182 Å². The molecule has 0 aliphatic carbocycles. The van der Waals surface area contributed by atoms with Crippen LogP contribution in [0.25, 0.3) is 98.4 Å². The van der Waals surface area contributed by atoms with Crippen molar-refractivity contribution in [3.8, 4) is 33.4 Å². The van der Waals surface area contributed by atoms with E-state index in [-0.39, 0.29) is 0 Å². The lowest BCUT2D eigenvalue weighted by molar-refractivity contribution is 0.673. The van der Waals surface area contributed by atoms with Crippen LogP contribution < -0.4 is 4.90 Å². The van der Waals surface area contributed by atoms with Crippen molar-refractivity contribution in [2.24, 2.45) is 0 Å². The van der Waals surface area contributed by atoms with E-state index >= 15 is 0 Å². The molecule has 0 spiro atoms. The van der Waals surface area contributed by atoms with Crippen molar-refractivity contribution in [3.05, 3.63) is 224 Å². The number of benzene rings is 11. The lowest BCUT2D eigenvalue weighted by Gasteiger charge is -2.26. The highest BCUT2D eigenvalue weighted by atomic mass is 16.3. The minimum Gasteiger partial charge on any atom is -0.453 e. The lowest BCUT2D eigenvalue weighted by atomic mass is 9.84. The monoisotopic (exact) mass is 763 g/mol. The topological polar surface area (TPSA) is 16.4 Å². The number of fused-ring (bicyclic) bond motifs is 9. The van der Waals surface area contributed by atoms with E-state index in [1.54, 1.807) is 0 Å². The molecule has 0 saturated carbocycles. The Hall–Kier alpha value is -7.94. The summed E-state index contributed by atoms with van der Waals surface area (Å²) >= 11 is 0. The summed E-state index contributed by atoms with van der Waals surface area (Å²) in [4.78, 5) is 2.36. The van der Waals surface area contributed by atoms with Crippen LogP contribution in [0.4, 0.5) is 17.1 Å². The SMILES string of the molecule is c1ccc(-c2c(-c3ccccc3)c3cc(-c4cccc(N(c5ccc6ccccc6c5)c5cccc6c5oc5c7ccccc7ccc65)c4)ccc3c3ccccc23)cc1. The molecule has 12 aromatic rings. The van der Waals surface area contributed by atoms with E-state index in [0.29, 0.717) is 0 Å². The van der Waals surface area contributed by atoms with Gasteiger partial charge in [-0.25, -0.2) is 0 Å². The van der Waals surface area contributed by atoms with Crippen LogP contribution in [-0.4, -0.2) is 0 Å². The molecule has 0 atom stereocenters. The molecule has 0 aliphatic rings. The van der Waals surface area contributed by atoms with E-state index in [4.69, 9.17) is 4.42 Å². The first-order chi connectivity index (χ1) is 29.8. The predicted octanol–water partition coefficient (Wildman–Crippen LogP) is 16.7. The molecule has 12 rings (SSSR count). The largest absolute Gasteiger partial charge is 0.453 e. The van der Waals surface area contributed by atoms with E-state index in [9.17, 15) is 0 Å². The molecule has 60 heavy (non-hydrogen) atoms. The molecule has 280 valence electrons. The number of furan rings is 1. The summed E-state index contributed by atoms with van der Waals surface area (Å²) in [5.74, 6) is 0. The van der Waals surface area contributed by atoms with Crippen LogP contribution in [0.15, 0.2) is 229 Å². The van der Waals surface area contributed by atoms with E-state index < -0.39 is 0 Å². The Bertz CT molecular complexity index is 3600. The van der Waals surface area contributed by atoms with Gasteiger partial charge >= 0.3 is 0 Å². The van der Waals surface area contributed by atoms with Crippen molar-refractivity contribution in [2.75, 3.05) is 4.90 Å². The predicted molar refractivity (Wildman–Crippen MR) is 255 cm³/mol. The third kappa shape index (κ3) is 5.50. The smallest absolute Gasteiger partial charge is 0.159 e. The molecule has 2 heteroatoms. The fourth-order valence-electron chi connectivity index (χ4n) is 9.44. The maximum atomic E-state index is 6.97. The molecule has 11 aromatic carbocycles. The third-order valence-electron chi connectivity index (χ3n) is 12.2. The quantitative estimate of drug-likeness (QED) is 0.157. The minimum atomic E-state index is 0.862. The second-order valence-corrected chi connectivity index (χ2v) is 15.6. The van der Waals surface area contributed by atoms with Gasteiger partial charge in [-0.15, -0.1) is 0 Å².